The molecule has 1 saturated heterocycles. The molecule has 0 unspecified atom stereocenters. The first-order chi connectivity index (χ1) is 10.7. The Labute approximate surface area is 133 Å². The maximum absolute atomic E-state index is 5.95. The number of ether oxygens (including phenoxy) is 1. The lowest BCUT2D eigenvalue weighted by Gasteiger charge is -2.34. The van der Waals surface area contributed by atoms with Crippen LogP contribution < -0.4 is 0 Å². The molecule has 0 aliphatic carbocycles. The summed E-state index contributed by atoms with van der Waals surface area (Å²) >= 11 is 0. The minimum absolute atomic E-state index is 0.0835. The van der Waals surface area contributed by atoms with E-state index in [1.165, 1.54) is 16.7 Å². The second-order valence-corrected chi connectivity index (χ2v) is 5.97. The summed E-state index contributed by atoms with van der Waals surface area (Å²) in [6.45, 7) is 9.99. The molecule has 2 nitrogen and oxygen atoms in total. The first-order valence-electron chi connectivity index (χ1n) is 7.86. The van der Waals surface area contributed by atoms with Gasteiger partial charge in [-0.15, -0.1) is 0 Å². The van der Waals surface area contributed by atoms with Gasteiger partial charge in [0.1, 0.15) is 0 Å². The molecular formula is C20H23NO. The molecule has 22 heavy (non-hydrogen) atoms. The molecule has 1 fully saturated rings. The molecule has 2 heteroatoms. The van der Waals surface area contributed by atoms with Crippen LogP contribution in [0.15, 0.2) is 61.2 Å². The van der Waals surface area contributed by atoms with Gasteiger partial charge in [0.25, 0.3) is 0 Å². The third-order valence-electron chi connectivity index (χ3n) is 4.21. The second kappa shape index (κ2) is 6.91. The number of morpholine rings is 1. The Morgan fingerprint density at radius 3 is 2.59 bits per heavy atom. The van der Waals surface area contributed by atoms with Crippen molar-refractivity contribution >= 4 is 5.57 Å². The van der Waals surface area contributed by atoms with Crippen LogP contribution in [0.2, 0.25) is 0 Å². The van der Waals surface area contributed by atoms with E-state index in [0.29, 0.717) is 0 Å². The van der Waals surface area contributed by atoms with Gasteiger partial charge in [-0.25, -0.2) is 0 Å². The highest BCUT2D eigenvalue weighted by Gasteiger charge is 2.23. The molecule has 0 spiro atoms. The molecule has 1 aliphatic rings. The van der Waals surface area contributed by atoms with Gasteiger partial charge in [-0.1, -0.05) is 66.7 Å². The molecule has 1 aliphatic heterocycles. The van der Waals surface area contributed by atoms with Gasteiger partial charge in [-0.05, 0) is 23.6 Å². The molecule has 0 amide bonds. The van der Waals surface area contributed by atoms with Gasteiger partial charge in [0.05, 0.1) is 12.7 Å². The van der Waals surface area contributed by atoms with E-state index in [1.807, 2.05) is 0 Å². The van der Waals surface area contributed by atoms with Crippen molar-refractivity contribution in [3.8, 4) is 0 Å². The van der Waals surface area contributed by atoms with Gasteiger partial charge in [-0.3, -0.25) is 4.90 Å². The van der Waals surface area contributed by atoms with Crippen molar-refractivity contribution in [3.63, 3.8) is 0 Å². The Hall–Kier alpha value is -1.90. The molecular weight excluding hydrogens is 270 g/mol. The molecule has 0 bridgehead atoms. The predicted octanol–water partition coefficient (Wildman–Crippen LogP) is 3.91. The van der Waals surface area contributed by atoms with Crippen LogP contribution in [0, 0.1) is 6.92 Å². The highest BCUT2D eigenvalue weighted by molar-refractivity contribution is 5.67. The Bertz CT molecular complexity index is 618. The van der Waals surface area contributed by atoms with Crippen LogP contribution >= 0.6 is 0 Å². The van der Waals surface area contributed by atoms with Crippen LogP contribution in [0.3, 0.4) is 0 Å². The van der Waals surface area contributed by atoms with Crippen molar-refractivity contribution < 1.29 is 4.74 Å². The number of rotatable bonds is 4. The van der Waals surface area contributed by atoms with Crippen LogP contribution in [-0.4, -0.2) is 30.7 Å². The maximum atomic E-state index is 5.95. The molecule has 0 radical (unpaired) electrons. The average Bonchev–Trinajstić information content (AvgIpc) is 2.56. The van der Waals surface area contributed by atoms with E-state index in [0.717, 1.165) is 31.8 Å². The van der Waals surface area contributed by atoms with Crippen LogP contribution in [0.5, 0.6) is 0 Å². The fourth-order valence-electron chi connectivity index (χ4n) is 2.85. The molecule has 1 heterocycles. The van der Waals surface area contributed by atoms with Gasteiger partial charge in [0, 0.05) is 19.6 Å². The normalized spacial score (nSPS) is 19.0. The Kier molecular flexibility index (Phi) is 4.71. The molecule has 0 N–H and O–H groups in total. The molecule has 0 aromatic heterocycles. The summed E-state index contributed by atoms with van der Waals surface area (Å²) in [6, 6.07) is 19.1. The van der Waals surface area contributed by atoms with E-state index >= 15 is 0 Å². The number of hydrogen-bond donors (Lipinski definition) is 0. The third-order valence-corrected chi connectivity index (χ3v) is 4.21. The summed E-state index contributed by atoms with van der Waals surface area (Å²) < 4.78 is 5.95. The summed E-state index contributed by atoms with van der Waals surface area (Å²) in [7, 11) is 0. The van der Waals surface area contributed by atoms with Crippen LogP contribution in [0.1, 0.15) is 16.7 Å². The zero-order chi connectivity index (χ0) is 15.4. The maximum Gasteiger partial charge on any atom is 0.0952 e. The second-order valence-electron chi connectivity index (χ2n) is 5.97. The summed E-state index contributed by atoms with van der Waals surface area (Å²) in [6.07, 6.45) is 0.0835. The SMILES string of the molecule is C=C(c1ccc(C)cc1)[C@H]1CN(Cc2ccccc2)CCO1. The third kappa shape index (κ3) is 3.65. The van der Waals surface area contributed by atoms with Gasteiger partial charge in [-0.2, -0.15) is 0 Å². The van der Waals surface area contributed by atoms with Crippen molar-refractivity contribution in [2.45, 2.75) is 19.6 Å². The quantitative estimate of drug-likeness (QED) is 0.847. The van der Waals surface area contributed by atoms with E-state index in [9.17, 15) is 0 Å². The van der Waals surface area contributed by atoms with Crippen LogP contribution in [0.25, 0.3) is 5.57 Å². The predicted molar refractivity (Wildman–Crippen MR) is 91.7 cm³/mol. The van der Waals surface area contributed by atoms with E-state index in [1.54, 1.807) is 0 Å². The van der Waals surface area contributed by atoms with E-state index in [4.69, 9.17) is 4.74 Å². The van der Waals surface area contributed by atoms with Crippen molar-refractivity contribution in [2.75, 3.05) is 19.7 Å². The van der Waals surface area contributed by atoms with E-state index in [-0.39, 0.29) is 6.10 Å². The van der Waals surface area contributed by atoms with Crippen molar-refractivity contribution in [1.82, 2.24) is 4.90 Å². The van der Waals surface area contributed by atoms with Crippen LogP contribution in [-0.2, 0) is 11.3 Å². The minimum Gasteiger partial charge on any atom is -0.371 e. The van der Waals surface area contributed by atoms with Crippen molar-refractivity contribution in [2.24, 2.45) is 0 Å². The number of aryl methyl sites for hydroxylation is 1. The standard InChI is InChI=1S/C20H23NO/c1-16-8-10-19(11-9-16)17(2)20-15-21(12-13-22-20)14-18-6-4-3-5-7-18/h3-11,20H,2,12-15H2,1H3/t20-/m1/s1. The highest BCUT2D eigenvalue weighted by Crippen LogP contribution is 2.23. The largest absolute Gasteiger partial charge is 0.371 e. The van der Waals surface area contributed by atoms with Gasteiger partial charge in [0.15, 0.2) is 0 Å². The first-order valence-corrected chi connectivity index (χ1v) is 7.86. The molecule has 1 atom stereocenters. The molecule has 0 saturated carbocycles. The Morgan fingerprint density at radius 1 is 1.14 bits per heavy atom. The summed E-state index contributed by atoms with van der Waals surface area (Å²) in [5.41, 5.74) is 4.88. The Morgan fingerprint density at radius 2 is 1.86 bits per heavy atom. The fraction of sp³-hybridized carbons (Fsp3) is 0.300. The lowest BCUT2D eigenvalue weighted by Crippen LogP contribution is -2.42. The summed E-state index contributed by atoms with van der Waals surface area (Å²) in [4.78, 5) is 2.45. The average molecular weight is 293 g/mol. The van der Waals surface area contributed by atoms with Gasteiger partial charge in [0.2, 0.25) is 0 Å². The zero-order valence-corrected chi connectivity index (χ0v) is 13.2. The summed E-state index contributed by atoms with van der Waals surface area (Å²) in [5.74, 6) is 0. The van der Waals surface area contributed by atoms with Crippen molar-refractivity contribution in [3.05, 3.63) is 77.9 Å². The molecule has 3 rings (SSSR count). The van der Waals surface area contributed by atoms with Crippen LogP contribution in [0.4, 0.5) is 0 Å². The van der Waals surface area contributed by atoms with Gasteiger partial charge >= 0.3 is 0 Å². The first kappa shape index (κ1) is 15.0. The van der Waals surface area contributed by atoms with E-state index in [2.05, 4.69) is 73.0 Å². The number of hydrogen-bond acceptors (Lipinski definition) is 2. The van der Waals surface area contributed by atoms with E-state index < -0.39 is 0 Å². The minimum atomic E-state index is 0.0835. The van der Waals surface area contributed by atoms with Crippen molar-refractivity contribution in [1.29, 1.82) is 0 Å². The number of nitrogens with zero attached hydrogens (tertiary/aromatic N) is 1. The zero-order valence-electron chi connectivity index (χ0n) is 13.2. The highest BCUT2D eigenvalue weighted by atomic mass is 16.5. The molecule has 114 valence electrons. The lowest BCUT2D eigenvalue weighted by atomic mass is 9.99. The monoisotopic (exact) mass is 293 g/mol. The summed E-state index contributed by atoms with van der Waals surface area (Å²) in [5, 5.41) is 0. The lowest BCUT2D eigenvalue weighted by molar-refractivity contribution is -0.00129. The fourth-order valence-corrected chi connectivity index (χ4v) is 2.85. The van der Waals surface area contributed by atoms with Gasteiger partial charge < -0.3 is 4.74 Å². The Balaban J connectivity index is 1.65. The molecule has 2 aromatic carbocycles. The number of benzene rings is 2. The smallest absolute Gasteiger partial charge is 0.0952 e. The topological polar surface area (TPSA) is 12.5 Å². The molecule has 2 aromatic rings.